The Kier molecular flexibility index (Phi) is 13.7. The molecule has 0 aliphatic carbocycles. The third-order valence-electron chi connectivity index (χ3n) is 7.27. The Bertz CT molecular complexity index is 1780. The van der Waals surface area contributed by atoms with E-state index in [1.807, 2.05) is 13.0 Å². The summed E-state index contributed by atoms with van der Waals surface area (Å²) < 4.78 is 35.7. The van der Waals surface area contributed by atoms with E-state index in [4.69, 9.17) is 31.5 Å². The van der Waals surface area contributed by atoms with E-state index < -0.39 is 17.7 Å². The minimum atomic E-state index is -1.09. The smallest absolute Gasteiger partial charge is 0.290 e. The van der Waals surface area contributed by atoms with Gasteiger partial charge in [-0.2, -0.15) is 4.39 Å². The molecule has 0 saturated carbocycles. The molecule has 0 aliphatic heterocycles. The number of hydrogen-bond acceptors (Lipinski definition) is 9. The van der Waals surface area contributed by atoms with Crippen LogP contribution in [0.3, 0.4) is 0 Å². The van der Waals surface area contributed by atoms with Gasteiger partial charge in [-0.05, 0) is 62.1 Å². The fourth-order valence-electron chi connectivity index (χ4n) is 4.83. The summed E-state index contributed by atoms with van der Waals surface area (Å²) in [7, 11) is 1.26. The number of guanidine groups is 1. The lowest BCUT2D eigenvalue weighted by Gasteiger charge is -2.19. The Morgan fingerprint density at radius 3 is 2.57 bits per heavy atom. The number of fused-ring (bicyclic) bond motifs is 1. The zero-order chi connectivity index (χ0) is 36.1. The summed E-state index contributed by atoms with van der Waals surface area (Å²) in [5.41, 5.74) is 13.8. The number of carbonyl (C=O) groups is 3. The average Bonchev–Trinajstić information content (AvgIpc) is 3.51. The van der Waals surface area contributed by atoms with Crippen molar-refractivity contribution in [1.82, 2.24) is 30.3 Å². The molecule has 262 valence electrons. The largest absolute Gasteiger partial charge is 0.494 e. The molecule has 10 N–H and O–H groups in total. The number of carbonyl (C=O) groups excluding carboxylic acids is 2. The number of ether oxygens (including phenoxy) is 1. The molecule has 2 atom stereocenters. The standard InChI is InChI=1S/C31H38F2N10O3.CH2O2/c1-4-18-14-19(7-8-20(18)29(44)40-15-17(2)41-30(45)22(34)6-5-11-38-31(35)36)42-27-28-39-16-23(43(28)13-12-37-27)21-9-10-24(46-3)26(33)25(21)32;2-1-3/h7-10,12-14,16-17,22H,4-6,11,15,34H2,1-3H3,(H,37,42)(H,40,44)(H,41,45)(H4,35,36,38);1H,(H,2,3)/t17-,22+;/m1./s1. The predicted octanol–water partition coefficient (Wildman–Crippen LogP) is 2.51. The molecule has 0 unspecified atom stereocenters. The van der Waals surface area contributed by atoms with Crippen LogP contribution in [0.1, 0.15) is 42.6 Å². The Balaban J connectivity index is 0.00000209. The fraction of sp³-hybridized carbons (Fsp3) is 0.312. The van der Waals surface area contributed by atoms with Crippen LogP contribution in [0.4, 0.5) is 20.3 Å². The number of aromatic nitrogens is 3. The van der Waals surface area contributed by atoms with Crippen molar-refractivity contribution < 1.29 is 33.0 Å². The summed E-state index contributed by atoms with van der Waals surface area (Å²) in [5, 5.41) is 25.6. The topological polar surface area (TPSA) is 235 Å². The highest BCUT2D eigenvalue weighted by Crippen LogP contribution is 2.31. The van der Waals surface area contributed by atoms with Crippen molar-refractivity contribution >= 4 is 41.4 Å². The first-order valence-corrected chi connectivity index (χ1v) is 15.2. The zero-order valence-corrected chi connectivity index (χ0v) is 27.2. The number of halogens is 2. The molecular weight excluding hydrogens is 642 g/mol. The number of hydrogen-bond donors (Lipinski definition) is 8. The van der Waals surface area contributed by atoms with Gasteiger partial charge < -0.3 is 42.6 Å². The van der Waals surface area contributed by atoms with Crippen molar-refractivity contribution in [2.24, 2.45) is 11.5 Å². The maximum absolute atomic E-state index is 14.8. The van der Waals surface area contributed by atoms with Gasteiger partial charge in [-0.25, -0.2) is 14.4 Å². The van der Waals surface area contributed by atoms with E-state index in [0.717, 1.165) is 5.56 Å². The molecule has 15 nitrogen and oxygen atoms in total. The van der Waals surface area contributed by atoms with Crippen LogP contribution in [0.5, 0.6) is 5.75 Å². The molecule has 0 bridgehead atoms. The molecule has 2 amide bonds. The maximum Gasteiger partial charge on any atom is 0.290 e. The monoisotopic (exact) mass is 682 g/mol. The first-order chi connectivity index (χ1) is 23.4. The molecule has 0 aliphatic rings. The van der Waals surface area contributed by atoms with Gasteiger partial charge in [0.05, 0.1) is 25.0 Å². The molecule has 4 rings (SSSR count). The van der Waals surface area contributed by atoms with Gasteiger partial charge in [0.2, 0.25) is 11.7 Å². The minimum Gasteiger partial charge on any atom is -0.494 e. The van der Waals surface area contributed by atoms with Crippen LogP contribution in [0.2, 0.25) is 0 Å². The van der Waals surface area contributed by atoms with E-state index in [9.17, 15) is 18.4 Å². The SMILES string of the molecule is CCc1cc(Nc2nccn3c(-c4ccc(OC)c(F)c4F)cnc23)ccc1C(=O)NC[C@@H](C)NC(=O)[C@@H](N)CCCNC(=N)N.O=CO. The van der Waals surface area contributed by atoms with E-state index in [1.165, 1.54) is 31.6 Å². The summed E-state index contributed by atoms with van der Waals surface area (Å²) in [6.45, 7) is 4.08. The maximum atomic E-state index is 14.8. The Labute approximate surface area is 281 Å². The van der Waals surface area contributed by atoms with Crippen LogP contribution < -0.4 is 37.5 Å². The number of carboxylic acid groups (broad SMARTS) is 1. The Morgan fingerprint density at radius 1 is 1.16 bits per heavy atom. The van der Waals surface area contributed by atoms with Gasteiger partial charge in [0.25, 0.3) is 12.4 Å². The number of rotatable bonds is 14. The molecule has 49 heavy (non-hydrogen) atoms. The van der Waals surface area contributed by atoms with Gasteiger partial charge in [0.1, 0.15) is 0 Å². The van der Waals surface area contributed by atoms with Gasteiger partial charge in [-0.1, -0.05) is 6.92 Å². The molecular formula is C32H40F2N10O5. The lowest BCUT2D eigenvalue weighted by molar-refractivity contribution is -0.123. The highest BCUT2D eigenvalue weighted by molar-refractivity contribution is 5.96. The second kappa shape index (κ2) is 17.9. The van der Waals surface area contributed by atoms with Gasteiger partial charge >= 0.3 is 0 Å². The van der Waals surface area contributed by atoms with Gasteiger partial charge in [-0.3, -0.25) is 24.2 Å². The van der Waals surface area contributed by atoms with Crippen molar-refractivity contribution in [3.63, 3.8) is 0 Å². The van der Waals surface area contributed by atoms with E-state index in [1.54, 1.807) is 29.7 Å². The third kappa shape index (κ3) is 9.83. The van der Waals surface area contributed by atoms with Crippen molar-refractivity contribution in [1.29, 1.82) is 5.41 Å². The second-order valence-corrected chi connectivity index (χ2v) is 10.7. The minimum absolute atomic E-state index is 0.0158. The highest BCUT2D eigenvalue weighted by atomic mass is 19.2. The number of amides is 2. The number of aryl methyl sites for hydroxylation is 1. The summed E-state index contributed by atoms with van der Waals surface area (Å²) in [6, 6.07) is 6.94. The summed E-state index contributed by atoms with van der Waals surface area (Å²) in [6.07, 6.45) is 6.09. The number of nitrogens with two attached hydrogens (primary N) is 2. The lowest BCUT2D eigenvalue weighted by atomic mass is 10.0. The summed E-state index contributed by atoms with van der Waals surface area (Å²) in [5.74, 6) is -2.73. The second-order valence-electron chi connectivity index (χ2n) is 10.7. The molecule has 0 radical (unpaired) electrons. The number of imidazole rings is 1. The quantitative estimate of drug-likeness (QED) is 0.0416. The fourth-order valence-corrected chi connectivity index (χ4v) is 4.83. The number of anilines is 2. The Hall–Kier alpha value is -5.84. The van der Waals surface area contributed by atoms with Crippen molar-refractivity contribution in [3.05, 3.63) is 71.7 Å². The van der Waals surface area contributed by atoms with E-state index in [-0.39, 0.29) is 48.1 Å². The molecule has 2 aromatic heterocycles. The molecule has 0 fully saturated rings. The van der Waals surface area contributed by atoms with Crippen LogP contribution in [0.15, 0.2) is 48.9 Å². The molecule has 0 spiro atoms. The third-order valence-corrected chi connectivity index (χ3v) is 7.27. The summed E-state index contributed by atoms with van der Waals surface area (Å²) in [4.78, 5) is 42.6. The van der Waals surface area contributed by atoms with Gasteiger partial charge in [0.15, 0.2) is 29.0 Å². The van der Waals surface area contributed by atoms with Crippen LogP contribution in [0, 0.1) is 17.0 Å². The average molecular weight is 683 g/mol. The van der Waals surface area contributed by atoms with Crippen LogP contribution >= 0.6 is 0 Å². The van der Waals surface area contributed by atoms with Gasteiger partial charge in [0, 0.05) is 48.3 Å². The first-order valence-electron chi connectivity index (χ1n) is 15.2. The van der Waals surface area contributed by atoms with E-state index in [0.29, 0.717) is 54.2 Å². The van der Waals surface area contributed by atoms with Crippen molar-refractivity contribution in [2.75, 3.05) is 25.5 Å². The highest BCUT2D eigenvalue weighted by Gasteiger charge is 2.20. The molecule has 17 heteroatoms. The lowest BCUT2D eigenvalue weighted by Crippen LogP contribution is -2.48. The molecule has 4 aromatic rings. The van der Waals surface area contributed by atoms with Gasteiger partial charge in [-0.15, -0.1) is 0 Å². The predicted molar refractivity (Wildman–Crippen MR) is 180 cm³/mol. The van der Waals surface area contributed by atoms with Crippen molar-refractivity contribution in [3.8, 4) is 17.0 Å². The van der Waals surface area contributed by atoms with Crippen LogP contribution in [-0.2, 0) is 16.0 Å². The number of nitrogens with zero attached hydrogens (tertiary/aromatic N) is 3. The number of benzene rings is 2. The first kappa shape index (κ1) is 37.6. The number of nitrogens with one attached hydrogen (secondary N) is 5. The Morgan fingerprint density at radius 2 is 1.90 bits per heavy atom. The van der Waals surface area contributed by atoms with E-state index >= 15 is 0 Å². The number of methoxy groups -OCH3 is 1. The normalized spacial score (nSPS) is 11.8. The summed E-state index contributed by atoms with van der Waals surface area (Å²) >= 11 is 0. The van der Waals surface area contributed by atoms with Crippen LogP contribution in [-0.4, -0.2) is 76.0 Å². The van der Waals surface area contributed by atoms with Crippen LogP contribution in [0.25, 0.3) is 16.9 Å². The van der Waals surface area contributed by atoms with E-state index in [2.05, 4.69) is 31.2 Å². The molecule has 0 saturated heterocycles. The molecule has 2 aromatic carbocycles. The molecule has 2 heterocycles. The van der Waals surface area contributed by atoms with Crippen molar-refractivity contribution in [2.45, 2.75) is 45.2 Å². The zero-order valence-electron chi connectivity index (χ0n) is 27.2.